The highest BCUT2D eigenvalue weighted by Crippen LogP contribution is 2.29. The van der Waals surface area contributed by atoms with Gasteiger partial charge in [-0.1, -0.05) is 71.9 Å². The number of halogens is 1. The van der Waals surface area contributed by atoms with Crippen LogP contribution >= 0.6 is 23.4 Å². The van der Waals surface area contributed by atoms with E-state index in [2.05, 4.69) is 4.98 Å². The van der Waals surface area contributed by atoms with Crippen LogP contribution in [0.5, 0.6) is 0 Å². The zero-order valence-corrected chi connectivity index (χ0v) is 19.9. The zero-order chi connectivity index (χ0) is 23.7. The van der Waals surface area contributed by atoms with E-state index in [0.29, 0.717) is 26.8 Å². The van der Waals surface area contributed by atoms with Crippen LogP contribution in [0, 0.1) is 6.92 Å². The molecule has 5 nitrogen and oxygen atoms in total. The molecular formula is C27H20ClN3O2S. The minimum Gasteiger partial charge on any atom is -0.355 e. The molecule has 0 aliphatic rings. The van der Waals surface area contributed by atoms with Crippen molar-refractivity contribution in [3.05, 3.63) is 112 Å². The van der Waals surface area contributed by atoms with Crippen molar-refractivity contribution in [2.75, 3.05) is 5.75 Å². The third kappa shape index (κ3) is 4.18. The quantitative estimate of drug-likeness (QED) is 0.174. The van der Waals surface area contributed by atoms with Crippen molar-refractivity contribution in [1.82, 2.24) is 14.5 Å². The molecule has 7 heteroatoms. The van der Waals surface area contributed by atoms with E-state index in [1.807, 2.05) is 67.7 Å². The number of carbonyl (C=O) groups is 1. The Balaban J connectivity index is 1.63. The van der Waals surface area contributed by atoms with E-state index < -0.39 is 0 Å². The lowest BCUT2D eigenvalue weighted by molar-refractivity contribution is 0.102. The van der Waals surface area contributed by atoms with Crippen LogP contribution in [-0.2, 0) is 0 Å². The summed E-state index contributed by atoms with van der Waals surface area (Å²) in [5.41, 5.74) is 4.85. The number of rotatable bonds is 6. The van der Waals surface area contributed by atoms with Crippen molar-refractivity contribution in [2.45, 2.75) is 12.1 Å². The summed E-state index contributed by atoms with van der Waals surface area (Å²) in [4.78, 5) is 34.5. The summed E-state index contributed by atoms with van der Waals surface area (Å²) >= 11 is 7.20. The second-order valence-corrected chi connectivity index (χ2v) is 9.21. The first kappa shape index (κ1) is 22.2. The fraction of sp³-hybridized carbons (Fsp3) is 0.0741. The number of benzene rings is 3. The molecule has 0 atom stereocenters. The second kappa shape index (κ2) is 9.33. The largest absolute Gasteiger partial charge is 0.355 e. The number of nitrogens with zero attached hydrogens (tertiary/aromatic N) is 2. The summed E-state index contributed by atoms with van der Waals surface area (Å²) in [6.07, 6.45) is 1.81. The van der Waals surface area contributed by atoms with Crippen molar-refractivity contribution in [3.63, 3.8) is 0 Å². The number of ketones is 1. The summed E-state index contributed by atoms with van der Waals surface area (Å²) < 4.78 is 1.59. The molecule has 0 spiro atoms. The third-order valence-corrected chi connectivity index (χ3v) is 6.80. The standard InChI is InChI=1S/C27H20ClN3O2S/c1-17-7-5-6-10-22(17)31-26(33)25-24(21(15-29-25)18-8-3-2-4-9-18)30-27(31)34-16-23(32)19-11-13-20(28)14-12-19/h2-15,29H,16H2,1H3. The van der Waals surface area contributed by atoms with Crippen LogP contribution in [0.2, 0.25) is 5.02 Å². The van der Waals surface area contributed by atoms with E-state index in [1.54, 1.807) is 28.8 Å². The Kier molecular flexibility index (Phi) is 6.09. The van der Waals surface area contributed by atoms with Gasteiger partial charge in [-0.05, 0) is 48.4 Å². The molecule has 3 aromatic carbocycles. The molecule has 1 N–H and O–H groups in total. The number of H-pyrrole nitrogens is 1. The lowest BCUT2D eigenvalue weighted by Gasteiger charge is -2.14. The first-order chi connectivity index (χ1) is 16.5. The number of aromatic amines is 1. The maximum atomic E-state index is 13.7. The molecule has 5 aromatic rings. The number of para-hydroxylation sites is 1. The molecule has 0 aliphatic carbocycles. The van der Waals surface area contributed by atoms with Gasteiger partial charge in [0.2, 0.25) is 0 Å². The van der Waals surface area contributed by atoms with Crippen molar-refractivity contribution < 1.29 is 4.79 Å². The molecule has 0 saturated heterocycles. The lowest BCUT2D eigenvalue weighted by Crippen LogP contribution is -2.23. The van der Waals surface area contributed by atoms with E-state index in [0.717, 1.165) is 22.4 Å². The molecule has 34 heavy (non-hydrogen) atoms. The van der Waals surface area contributed by atoms with Gasteiger partial charge < -0.3 is 4.98 Å². The Morgan fingerprint density at radius 2 is 1.71 bits per heavy atom. The van der Waals surface area contributed by atoms with Gasteiger partial charge in [-0.3, -0.25) is 14.2 Å². The molecule has 0 fully saturated rings. The molecule has 0 bridgehead atoms. The predicted molar refractivity (Wildman–Crippen MR) is 138 cm³/mol. The van der Waals surface area contributed by atoms with Crippen molar-refractivity contribution >= 4 is 40.2 Å². The number of nitrogens with one attached hydrogen (secondary N) is 1. The van der Waals surface area contributed by atoms with Crippen LogP contribution in [0.4, 0.5) is 0 Å². The molecular weight excluding hydrogens is 466 g/mol. The minimum atomic E-state index is -0.206. The van der Waals surface area contributed by atoms with Gasteiger partial charge in [0.15, 0.2) is 10.9 Å². The topological polar surface area (TPSA) is 67.8 Å². The van der Waals surface area contributed by atoms with Crippen LogP contribution in [-0.4, -0.2) is 26.1 Å². The summed E-state index contributed by atoms with van der Waals surface area (Å²) in [7, 11) is 0. The highest BCUT2D eigenvalue weighted by molar-refractivity contribution is 7.99. The Morgan fingerprint density at radius 3 is 2.44 bits per heavy atom. The highest BCUT2D eigenvalue weighted by atomic mass is 35.5. The van der Waals surface area contributed by atoms with Gasteiger partial charge in [0.05, 0.1) is 11.4 Å². The first-order valence-electron chi connectivity index (χ1n) is 10.7. The highest BCUT2D eigenvalue weighted by Gasteiger charge is 2.20. The van der Waals surface area contributed by atoms with Crippen LogP contribution in [0.15, 0.2) is 95.0 Å². The molecule has 0 amide bonds. The maximum Gasteiger partial charge on any atom is 0.283 e. The SMILES string of the molecule is Cc1ccccc1-n1c(SCC(=O)c2ccc(Cl)cc2)nc2c(-c3ccccc3)c[nH]c2c1=O. The first-order valence-corrected chi connectivity index (χ1v) is 12.1. The van der Waals surface area contributed by atoms with Crippen LogP contribution in [0.25, 0.3) is 27.8 Å². The average Bonchev–Trinajstić information content (AvgIpc) is 3.29. The number of aryl methyl sites for hydroxylation is 1. The van der Waals surface area contributed by atoms with E-state index >= 15 is 0 Å². The number of hydrogen-bond donors (Lipinski definition) is 1. The second-order valence-electron chi connectivity index (χ2n) is 7.83. The molecule has 168 valence electrons. The Labute approximate surface area is 205 Å². The number of aromatic nitrogens is 3. The maximum absolute atomic E-state index is 13.7. The molecule has 0 aliphatic heterocycles. The van der Waals surface area contributed by atoms with Gasteiger partial charge in [0, 0.05) is 22.3 Å². The smallest absolute Gasteiger partial charge is 0.283 e. The number of Topliss-reactive ketones (excluding diaryl/α,β-unsaturated/α-hetero) is 1. The Hall–Kier alpha value is -3.61. The van der Waals surface area contributed by atoms with Crippen LogP contribution < -0.4 is 5.56 Å². The number of thioether (sulfide) groups is 1. The fourth-order valence-electron chi connectivity index (χ4n) is 3.85. The van der Waals surface area contributed by atoms with Crippen molar-refractivity contribution in [2.24, 2.45) is 0 Å². The van der Waals surface area contributed by atoms with Crippen molar-refractivity contribution in [3.8, 4) is 16.8 Å². The van der Waals surface area contributed by atoms with E-state index in [-0.39, 0.29) is 17.1 Å². The van der Waals surface area contributed by atoms with Gasteiger partial charge >= 0.3 is 0 Å². The number of fused-ring (bicyclic) bond motifs is 1. The third-order valence-electron chi connectivity index (χ3n) is 5.61. The molecule has 2 heterocycles. The zero-order valence-electron chi connectivity index (χ0n) is 18.3. The summed E-state index contributed by atoms with van der Waals surface area (Å²) in [5.74, 6) is 0.0704. The lowest BCUT2D eigenvalue weighted by atomic mass is 10.1. The van der Waals surface area contributed by atoms with E-state index in [9.17, 15) is 9.59 Å². The van der Waals surface area contributed by atoms with Gasteiger partial charge in [-0.15, -0.1) is 0 Å². The molecule has 2 aromatic heterocycles. The van der Waals surface area contributed by atoms with Crippen molar-refractivity contribution in [1.29, 1.82) is 0 Å². The summed E-state index contributed by atoms with van der Waals surface area (Å²) in [6.45, 7) is 1.95. The van der Waals surface area contributed by atoms with Gasteiger partial charge in [-0.2, -0.15) is 0 Å². The summed E-state index contributed by atoms with van der Waals surface area (Å²) in [6, 6.07) is 24.2. The average molecular weight is 486 g/mol. The Morgan fingerprint density at radius 1 is 1.00 bits per heavy atom. The normalized spacial score (nSPS) is 11.1. The number of carbonyl (C=O) groups excluding carboxylic acids is 1. The number of hydrogen-bond acceptors (Lipinski definition) is 4. The van der Waals surface area contributed by atoms with Gasteiger partial charge in [0.25, 0.3) is 5.56 Å². The summed E-state index contributed by atoms with van der Waals surface area (Å²) in [5, 5.41) is 1.04. The monoisotopic (exact) mass is 485 g/mol. The molecule has 5 rings (SSSR count). The Bertz CT molecular complexity index is 1560. The van der Waals surface area contributed by atoms with Crippen LogP contribution in [0.1, 0.15) is 15.9 Å². The van der Waals surface area contributed by atoms with Gasteiger partial charge in [0.1, 0.15) is 11.0 Å². The molecule has 0 saturated carbocycles. The molecule has 0 unspecified atom stereocenters. The minimum absolute atomic E-state index is 0.0651. The molecule has 0 radical (unpaired) electrons. The van der Waals surface area contributed by atoms with Gasteiger partial charge in [-0.25, -0.2) is 4.98 Å². The van der Waals surface area contributed by atoms with E-state index in [4.69, 9.17) is 16.6 Å². The fourth-order valence-corrected chi connectivity index (χ4v) is 4.87. The van der Waals surface area contributed by atoms with E-state index in [1.165, 1.54) is 11.8 Å². The van der Waals surface area contributed by atoms with Crippen LogP contribution in [0.3, 0.4) is 0 Å². The predicted octanol–water partition coefficient (Wildman–Crippen LogP) is 6.32.